The zero-order chi connectivity index (χ0) is 11.9. The molecule has 2 rings (SSSR count). The molecule has 0 bridgehead atoms. The first kappa shape index (κ1) is 11.3. The van der Waals surface area contributed by atoms with E-state index in [0.29, 0.717) is 11.1 Å². The average molecular weight is 302 g/mol. The molecule has 0 aliphatic rings. The van der Waals surface area contributed by atoms with Crippen LogP contribution in [0.1, 0.15) is 5.56 Å². The van der Waals surface area contributed by atoms with Gasteiger partial charge in [-0.15, -0.1) is 0 Å². The minimum absolute atomic E-state index is 0.0719. The van der Waals surface area contributed by atoms with E-state index in [9.17, 15) is 10.1 Å². The maximum Gasteiger partial charge on any atom is 0.309 e. The van der Waals surface area contributed by atoms with Gasteiger partial charge in [-0.2, -0.15) is 0 Å². The Morgan fingerprint density at radius 3 is 2.81 bits per heavy atom. The van der Waals surface area contributed by atoms with E-state index in [0.717, 1.165) is 9.86 Å². The number of benzene rings is 1. The van der Waals surface area contributed by atoms with Crippen LogP contribution in [0.2, 0.25) is 5.15 Å². The zero-order valence-electron chi connectivity index (χ0n) is 8.20. The first-order chi connectivity index (χ1) is 7.50. The molecular weight excluding hydrogens is 295 g/mol. The van der Waals surface area contributed by atoms with Crippen molar-refractivity contribution in [3.8, 4) is 0 Å². The Balaban J connectivity index is 2.90. The van der Waals surface area contributed by atoms with E-state index in [1.165, 1.54) is 0 Å². The van der Waals surface area contributed by atoms with Crippen molar-refractivity contribution in [1.82, 2.24) is 4.98 Å². The van der Waals surface area contributed by atoms with Gasteiger partial charge in [-0.3, -0.25) is 10.1 Å². The van der Waals surface area contributed by atoms with E-state index < -0.39 is 4.92 Å². The number of halogens is 2. The maximum absolute atomic E-state index is 10.8. The number of hydrogen-bond donors (Lipinski definition) is 0. The highest BCUT2D eigenvalue weighted by molar-refractivity contribution is 9.10. The van der Waals surface area contributed by atoms with Gasteiger partial charge in [0.25, 0.3) is 0 Å². The molecule has 1 heterocycles. The standard InChI is InChI=1S/C10H6BrClN2O2/c1-5-7-4-6(11)2-3-8(7)13-10(12)9(5)14(15)16/h2-4H,1H3. The molecule has 1 aromatic carbocycles. The summed E-state index contributed by atoms with van der Waals surface area (Å²) >= 11 is 9.09. The molecule has 6 heteroatoms. The monoisotopic (exact) mass is 300 g/mol. The van der Waals surface area contributed by atoms with Gasteiger partial charge in [-0.05, 0) is 25.1 Å². The summed E-state index contributed by atoms with van der Waals surface area (Å²) < 4.78 is 0.849. The molecule has 0 N–H and O–H groups in total. The Morgan fingerprint density at radius 1 is 1.50 bits per heavy atom. The van der Waals surface area contributed by atoms with Crippen molar-refractivity contribution in [3.63, 3.8) is 0 Å². The summed E-state index contributed by atoms with van der Waals surface area (Å²) in [7, 11) is 0. The minimum atomic E-state index is -0.509. The summed E-state index contributed by atoms with van der Waals surface area (Å²) in [5.41, 5.74) is 1.05. The van der Waals surface area contributed by atoms with Crippen LogP contribution >= 0.6 is 27.5 Å². The van der Waals surface area contributed by atoms with Crippen LogP contribution in [-0.2, 0) is 0 Å². The third-order valence-electron chi connectivity index (χ3n) is 2.31. The first-order valence-electron chi connectivity index (χ1n) is 4.40. The number of aromatic nitrogens is 1. The third kappa shape index (κ3) is 1.76. The Morgan fingerprint density at radius 2 is 2.19 bits per heavy atom. The lowest BCUT2D eigenvalue weighted by Crippen LogP contribution is -1.96. The lowest BCUT2D eigenvalue weighted by molar-refractivity contribution is -0.385. The number of aryl methyl sites for hydroxylation is 1. The maximum atomic E-state index is 10.8. The van der Waals surface area contributed by atoms with Crippen LogP contribution < -0.4 is 0 Å². The summed E-state index contributed by atoms with van der Waals surface area (Å²) in [5.74, 6) is 0. The molecule has 16 heavy (non-hydrogen) atoms. The van der Waals surface area contributed by atoms with Crippen LogP contribution in [0, 0.1) is 17.0 Å². The molecule has 2 aromatic rings. The molecule has 0 unspecified atom stereocenters. The van der Waals surface area contributed by atoms with Gasteiger partial charge in [0.15, 0.2) is 0 Å². The van der Waals surface area contributed by atoms with Gasteiger partial charge in [0.05, 0.1) is 10.4 Å². The Bertz CT molecular complexity index is 601. The fourth-order valence-corrected chi connectivity index (χ4v) is 2.22. The van der Waals surface area contributed by atoms with Gasteiger partial charge in [0.2, 0.25) is 5.15 Å². The summed E-state index contributed by atoms with van der Waals surface area (Å²) in [5, 5.41) is 11.5. The summed E-state index contributed by atoms with van der Waals surface area (Å²) in [6.45, 7) is 1.67. The molecule has 0 radical (unpaired) electrons. The van der Waals surface area contributed by atoms with Crippen molar-refractivity contribution in [3.05, 3.63) is 43.5 Å². The number of nitrogens with zero attached hydrogens (tertiary/aromatic N) is 2. The molecule has 0 atom stereocenters. The second kappa shape index (κ2) is 3.99. The van der Waals surface area contributed by atoms with Crippen LogP contribution in [0.4, 0.5) is 5.69 Å². The largest absolute Gasteiger partial charge is 0.309 e. The predicted octanol–water partition coefficient (Wildman–Crippen LogP) is 3.87. The van der Waals surface area contributed by atoms with E-state index in [1.54, 1.807) is 19.1 Å². The van der Waals surface area contributed by atoms with E-state index >= 15 is 0 Å². The van der Waals surface area contributed by atoms with Crippen LogP contribution in [0.25, 0.3) is 10.9 Å². The number of hydrogen-bond acceptors (Lipinski definition) is 3. The third-order valence-corrected chi connectivity index (χ3v) is 3.07. The van der Waals surface area contributed by atoms with E-state index in [4.69, 9.17) is 11.6 Å². The highest BCUT2D eigenvalue weighted by Gasteiger charge is 2.20. The number of rotatable bonds is 1. The van der Waals surface area contributed by atoms with E-state index in [2.05, 4.69) is 20.9 Å². The van der Waals surface area contributed by atoms with Crippen LogP contribution in [-0.4, -0.2) is 9.91 Å². The lowest BCUT2D eigenvalue weighted by Gasteiger charge is -2.04. The average Bonchev–Trinajstić information content (AvgIpc) is 2.19. The molecular formula is C10H6BrClN2O2. The highest BCUT2D eigenvalue weighted by Crippen LogP contribution is 2.33. The lowest BCUT2D eigenvalue weighted by atomic mass is 10.1. The van der Waals surface area contributed by atoms with Crippen molar-refractivity contribution in [2.75, 3.05) is 0 Å². The van der Waals surface area contributed by atoms with Gasteiger partial charge in [0, 0.05) is 15.4 Å². The van der Waals surface area contributed by atoms with Crippen molar-refractivity contribution in [2.24, 2.45) is 0 Å². The molecule has 0 aliphatic heterocycles. The molecule has 1 aromatic heterocycles. The number of pyridine rings is 1. The molecule has 0 amide bonds. The summed E-state index contributed by atoms with van der Waals surface area (Å²) in [6.07, 6.45) is 0. The Kier molecular flexibility index (Phi) is 2.82. The van der Waals surface area contributed by atoms with E-state index in [1.807, 2.05) is 6.07 Å². The summed E-state index contributed by atoms with van der Waals surface area (Å²) in [6, 6.07) is 5.37. The fraction of sp³-hybridized carbons (Fsp3) is 0.100. The highest BCUT2D eigenvalue weighted by atomic mass is 79.9. The normalized spacial score (nSPS) is 10.7. The van der Waals surface area contributed by atoms with Gasteiger partial charge >= 0.3 is 5.69 Å². The molecule has 0 fully saturated rings. The van der Waals surface area contributed by atoms with Crippen molar-refractivity contribution < 1.29 is 4.92 Å². The molecule has 0 saturated heterocycles. The fourth-order valence-electron chi connectivity index (χ4n) is 1.56. The predicted molar refractivity (Wildman–Crippen MR) is 65.8 cm³/mol. The molecule has 0 saturated carbocycles. The minimum Gasteiger partial charge on any atom is -0.258 e. The zero-order valence-corrected chi connectivity index (χ0v) is 10.5. The Hall–Kier alpha value is -1.20. The van der Waals surface area contributed by atoms with Crippen LogP contribution in [0.5, 0.6) is 0 Å². The topological polar surface area (TPSA) is 56.0 Å². The van der Waals surface area contributed by atoms with Gasteiger partial charge in [-0.1, -0.05) is 27.5 Å². The van der Waals surface area contributed by atoms with Crippen LogP contribution in [0.15, 0.2) is 22.7 Å². The van der Waals surface area contributed by atoms with Crippen molar-refractivity contribution in [2.45, 2.75) is 6.92 Å². The van der Waals surface area contributed by atoms with Gasteiger partial charge in [-0.25, -0.2) is 4.98 Å². The molecule has 82 valence electrons. The molecule has 4 nitrogen and oxygen atoms in total. The summed E-state index contributed by atoms with van der Waals surface area (Å²) in [4.78, 5) is 14.3. The van der Waals surface area contributed by atoms with Gasteiger partial charge < -0.3 is 0 Å². The second-order valence-corrected chi connectivity index (χ2v) is 4.57. The SMILES string of the molecule is Cc1c([N+](=O)[O-])c(Cl)nc2ccc(Br)cc12. The number of fused-ring (bicyclic) bond motifs is 1. The first-order valence-corrected chi connectivity index (χ1v) is 5.57. The Labute approximate surface area is 105 Å². The molecule has 0 spiro atoms. The molecule has 0 aliphatic carbocycles. The van der Waals surface area contributed by atoms with Crippen molar-refractivity contribution >= 4 is 44.1 Å². The van der Waals surface area contributed by atoms with Crippen LogP contribution in [0.3, 0.4) is 0 Å². The van der Waals surface area contributed by atoms with E-state index in [-0.39, 0.29) is 10.8 Å². The second-order valence-electron chi connectivity index (χ2n) is 3.29. The quantitative estimate of drug-likeness (QED) is 0.456. The van der Waals surface area contributed by atoms with Gasteiger partial charge in [0.1, 0.15) is 0 Å². The van der Waals surface area contributed by atoms with Crippen molar-refractivity contribution in [1.29, 1.82) is 0 Å². The smallest absolute Gasteiger partial charge is 0.258 e. The number of nitro groups is 1.